The van der Waals surface area contributed by atoms with E-state index in [4.69, 9.17) is 14.7 Å². The number of hydrogen-bond acceptors (Lipinski definition) is 5. The number of fused-ring (bicyclic) bond motifs is 1. The number of hydrogen-bond donors (Lipinski definition) is 1. The lowest BCUT2D eigenvalue weighted by Crippen LogP contribution is -2.37. The predicted octanol–water partition coefficient (Wildman–Crippen LogP) is 4.18. The fourth-order valence-electron chi connectivity index (χ4n) is 3.71. The van der Waals surface area contributed by atoms with Gasteiger partial charge in [-0.15, -0.1) is 0 Å². The molecule has 6 nitrogen and oxygen atoms in total. The third-order valence-electron chi connectivity index (χ3n) is 5.36. The highest BCUT2D eigenvalue weighted by atomic mass is 16.5. The molecule has 0 radical (unpaired) electrons. The van der Waals surface area contributed by atoms with Gasteiger partial charge in [0, 0.05) is 36.6 Å². The average molecular weight is 403 g/mol. The first kappa shape index (κ1) is 19.9. The number of nitrogens with zero attached hydrogens (tertiary/aromatic N) is 3. The maximum absolute atomic E-state index is 13.2. The lowest BCUT2D eigenvalue weighted by molar-refractivity contribution is 0.0730. The van der Waals surface area contributed by atoms with Crippen LogP contribution in [0.2, 0.25) is 0 Å². The van der Waals surface area contributed by atoms with E-state index in [0.29, 0.717) is 30.8 Å². The Morgan fingerprint density at radius 2 is 1.83 bits per heavy atom. The van der Waals surface area contributed by atoms with Crippen LogP contribution >= 0.6 is 0 Å². The molecule has 0 fully saturated rings. The van der Waals surface area contributed by atoms with E-state index in [9.17, 15) is 9.90 Å². The molecular formula is C24H25N3O3. The molecule has 0 unspecified atom stereocenters. The summed E-state index contributed by atoms with van der Waals surface area (Å²) in [6.07, 6.45) is 0.670. The number of carbonyl (C=O) groups excluding carboxylic acids is 1. The molecule has 0 saturated carbocycles. The smallest absolute Gasteiger partial charge is 0.257 e. The average Bonchev–Trinajstić information content (AvgIpc) is 2.78. The largest absolute Gasteiger partial charge is 0.508 e. The van der Waals surface area contributed by atoms with Crippen molar-refractivity contribution in [3.8, 4) is 22.8 Å². The van der Waals surface area contributed by atoms with Crippen LogP contribution in [0.5, 0.6) is 11.5 Å². The topological polar surface area (TPSA) is 75.5 Å². The van der Waals surface area contributed by atoms with Crippen LogP contribution in [0.3, 0.4) is 0 Å². The molecule has 0 spiro atoms. The Balaban J connectivity index is 1.75. The van der Waals surface area contributed by atoms with Gasteiger partial charge in [-0.1, -0.05) is 26.0 Å². The summed E-state index contributed by atoms with van der Waals surface area (Å²) in [6.45, 7) is 5.17. The number of methoxy groups -OCH3 is 1. The summed E-state index contributed by atoms with van der Waals surface area (Å²) in [5.74, 6) is 1.70. The summed E-state index contributed by atoms with van der Waals surface area (Å²) in [6, 6.07) is 14.3. The highest BCUT2D eigenvalue weighted by Gasteiger charge is 2.28. The van der Waals surface area contributed by atoms with Crippen LogP contribution in [0.15, 0.2) is 48.5 Å². The standard InChI is InChI=1S/C24H25N3O3/c1-15(2)23-25-20-12-13-27(24(29)18-6-4-5-7-21(18)30-3)14-19(20)22(26-23)16-8-10-17(28)11-9-16/h4-11,15,28H,12-14H2,1-3H3. The molecule has 154 valence electrons. The van der Waals surface area contributed by atoms with Crippen molar-refractivity contribution < 1.29 is 14.6 Å². The fraction of sp³-hybridized carbons (Fsp3) is 0.292. The first-order valence-corrected chi connectivity index (χ1v) is 10.1. The van der Waals surface area contributed by atoms with Crippen molar-refractivity contribution in [1.82, 2.24) is 14.9 Å². The number of aromatic nitrogens is 2. The molecule has 1 N–H and O–H groups in total. The van der Waals surface area contributed by atoms with Crippen molar-refractivity contribution in [3.05, 3.63) is 71.2 Å². The molecule has 0 atom stereocenters. The first-order chi connectivity index (χ1) is 14.5. The fourth-order valence-corrected chi connectivity index (χ4v) is 3.71. The van der Waals surface area contributed by atoms with E-state index < -0.39 is 0 Å². The molecule has 0 aliphatic carbocycles. The zero-order valence-electron chi connectivity index (χ0n) is 17.4. The van der Waals surface area contributed by atoms with Gasteiger partial charge < -0.3 is 14.7 Å². The van der Waals surface area contributed by atoms with Crippen molar-refractivity contribution in [2.24, 2.45) is 0 Å². The zero-order valence-corrected chi connectivity index (χ0v) is 17.4. The summed E-state index contributed by atoms with van der Waals surface area (Å²) >= 11 is 0. The van der Waals surface area contributed by atoms with E-state index in [1.54, 1.807) is 31.4 Å². The number of carbonyl (C=O) groups is 1. The summed E-state index contributed by atoms with van der Waals surface area (Å²) in [4.78, 5) is 24.7. The Labute approximate surface area is 176 Å². The third kappa shape index (κ3) is 3.73. The van der Waals surface area contributed by atoms with Gasteiger partial charge in [-0.3, -0.25) is 4.79 Å². The molecule has 30 heavy (non-hydrogen) atoms. The highest BCUT2D eigenvalue weighted by Crippen LogP contribution is 2.32. The molecular weight excluding hydrogens is 378 g/mol. The second-order valence-electron chi connectivity index (χ2n) is 7.73. The van der Waals surface area contributed by atoms with Crippen molar-refractivity contribution in [2.75, 3.05) is 13.7 Å². The van der Waals surface area contributed by atoms with Crippen LogP contribution < -0.4 is 4.74 Å². The zero-order chi connectivity index (χ0) is 21.3. The number of para-hydroxylation sites is 1. The minimum atomic E-state index is -0.0670. The second kappa shape index (κ2) is 8.14. The lowest BCUT2D eigenvalue weighted by Gasteiger charge is -2.30. The van der Waals surface area contributed by atoms with Crippen molar-refractivity contribution >= 4 is 5.91 Å². The number of rotatable bonds is 4. The minimum absolute atomic E-state index is 0.0670. The van der Waals surface area contributed by atoms with Gasteiger partial charge in [-0.25, -0.2) is 9.97 Å². The number of benzene rings is 2. The molecule has 3 aromatic rings. The van der Waals surface area contributed by atoms with E-state index in [1.165, 1.54) is 0 Å². The minimum Gasteiger partial charge on any atom is -0.508 e. The summed E-state index contributed by atoms with van der Waals surface area (Å²) in [5.41, 5.74) is 4.22. The van der Waals surface area contributed by atoms with Crippen LogP contribution in [-0.4, -0.2) is 39.5 Å². The quantitative estimate of drug-likeness (QED) is 0.707. The molecule has 1 aliphatic heterocycles. The van der Waals surface area contributed by atoms with E-state index in [-0.39, 0.29) is 17.6 Å². The Morgan fingerprint density at radius 1 is 1.10 bits per heavy atom. The van der Waals surface area contributed by atoms with E-state index in [2.05, 4.69) is 13.8 Å². The normalized spacial score (nSPS) is 13.3. The maximum atomic E-state index is 13.2. The molecule has 4 rings (SSSR count). The Bertz CT molecular complexity index is 1080. The Kier molecular flexibility index (Phi) is 5.40. The molecule has 1 aliphatic rings. The number of ether oxygens (including phenoxy) is 1. The van der Waals surface area contributed by atoms with Crippen molar-refractivity contribution in [1.29, 1.82) is 0 Å². The van der Waals surface area contributed by atoms with Gasteiger partial charge >= 0.3 is 0 Å². The van der Waals surface area contributed by atoms with E-state index >= 15 is 0 Å². The molecule has 0 bridgehead atoms. The van der Waals surface area contributed by atoms with Crippen molar-refractivity contribution in [3.63, 3.8) is 0 Å². The van der Waals surface area contributed by atoms with Gasteiger partial charge in [-0.05, 0) is 36.4 Å². The lowest BCUT2D eigenvalue weighted by atomic mass is 9.97. The molecule has 0 saturated heterocycles. The number of phenolic OH excluding ortho intramolecular Hbond substituents is 1. The highest BCUT2D eigenvalue weighted by molar-refractivity contribution is 5.97. The molecule has 2 aromatic carbocycles. The van der Waals surface area contributed by atoms with E-state index in [0.717, 1.165) is 28.3 Å². The van der Waals surface area contributed by atoms with Crippen LogP contribution in [-0.2, 0) is 13.0 Å². The van der Waals surface area contributed by atoms with Crippen LogP contribution in [0.1, 0.15) is 47.2 Å². The maximum Gasteiger partial charge on any atom is 0.257 e. The molecule has 1 aromatic heterocycles. The van der Waals surface area contributed by atoms with Crippen LogP contribution in [0.4, 0.5) is 0 Å². The third-order valence-corrected chi connectivity index (χ3v) is 5.36. The van der Waals surface area contributed by atoms with Gasteiger partial charge in [-0.2, -0.15) is 0 Å². The SMILES string of the molecule is COc1ccccc1C(=O)N1CCc2nc(C(C)C)nc(-c3ccc(O)cc3)c2C1. The first-order valence-electron chi connectivity index (χ1n) is 10.1. The number of phenols is 1. The van der Waals surface area contributed by atoms with Gasteiger partial charge in [0.2, 0.25) is 0 Å². The van der Waals surface area contributed by atoms with Crippen molar-refractivity contribution in [2.45, 2.75) is 32.7 Å². The number of amides is 1. The van der Waals surface area contributed by atoms with Gasteiger partial charge in [0.25, 0.3) is 5.91 Å². The van der Waals surface area contributed by atoms with Gasteiger partial charge in [0.15, 0.2) is 0 Å². The second-order valence-corrected chi connectivity index (χ2v) is 7.73. The Morgan fingerprint density at radius 3 is 2.53 bits per heavy atom. The van der Waals surface area contributed by atoms with Crippen LogP contribution in [0, 0.1) is 0 Å². The summed E-state index contributed by atoms with van der Waals surface area (Å²) in [7, 11) is 1.57. The van der Waals surface area contributed by atoms with Crippen LogP contribution in [0.25, 0.3) is 11.3 Å². The monoisotopic (exact) mass is 403 g/mol. The Hall–Kier alpha value is -3.41. The van der Waals surface area contributed by atoms with Gasteiger partial charge in [0.05, 0.1) is 24.1 Å². The van der Waals surface area contributed by atoms with E-state index in [1.807, 2.05) is 29.2 Å². The summed E-state index contributed by atoms with van der Waals surface area (Å²) in [5, 5.41) is 9.68. The van der Waals surface area contributed by atoms with Gasteiger partial charge in [0.1, 0.15) is 17.3 Å². The predicted molar refractivity (Wildman–Crippen MR) is 115 cm³/mol. The molecule has 6 heteroatoms. The number of aromatic hydroxyl groups is 1. The molecule has 2 heterocycles. The summed E-state index contributed by atoms with van der Waals surface area (Å²) < 4.78 is 5.38. The molecule has 1 amide bonds.